The van der Waals surface area contributed by atoms with Crippen molar-refractivity contribution in [1.82, 2.24) is 29.3 Å². The highest BCUT2D eigenvalue weighted by atomic mass is 19.1. The van der Waals surface area contributed by atoms with E-state index < -0.39 is 0 Å². The van der Waals surface area contributed by atoms with Gasteiger partial charge in [-0.15, -0.1) is 0 Å². The van der Waals surface area contributed by atoms with Crippen LogP contribution in [0.4, 0.5) is 4.39 Å². The van der Waals surface area contributed by atoms with Crippen LogP contribution in [0.1, 0.15) is 18.3 Å². The van der Waals surface area contributed by atoms with Crippen LogP contribution in [0.5, 0.6) is 0 Å². The van der Waals surface area contributed by atoms with Gasteiger partial charge in [-0.25, -0.2) is 24.0 Å². The van der Waals surface area contributed by atoms with Gasteiger partial charge in [0, 0.05) is 43.0 Å². The van der Waals surface area contributed by atoms with Crippen LogP contribution in [0, 0.1) is 5.82 Å². The molecular weight excluding hydrogens is 331 g/mol. The largest absolute Gasteiger partial charge is 0.326 e. The maximum atomic E-state index is 13.1. The summed E-state index contributed by atoms with van der Waals surface area (Å²) in [4.78, 5) is 13.1. The lowest BCUT2D eigenvalue weighted by Gasteiger charge is -2.06. The van der Waals surface area contributed by atoms with Crippen LogP contribution in [-0.2, 0) is 13.0 Å². The lowest BCUT2D eigenvalue weighted by atomic mass is 10.3. The van der Waals surface area contributed by atoms with Crippen LogP contribution in [0.15, 0.2) is 61.4 Å². The molecule has 4 rings (SSSR count). The van der Waals surface area contributed by atoms with Gasteiger partial charge in [0.2, 0.25) is 0 Å². The third-order valence-corrected chi connectivity index (χ3v) is 4.08. The summed E-state index contributed by atoms with van der Waals surface area (Å²) in [5.74, 6) is 1.36. The fourth-order valence-electron chi connectivity index (χ4n) is 2.72. The molecule has 4 aromatic rings. The molecule has 130 valence electrons. The molecule has 0 aliphatic rings. The molecule has 0 atom stereocenters. The summed E-state index contributed by atoms with van der Waals surface area (Å²) in [6.45, 7) is 2.64. The number of rotatable bonds is 5. The van der Waals surface area contributed by atoms with Crippen molar-refractivity contribution in [2.24, 2.45) is 0 Å². The van der Waals surface area contributed by atoms with Crippen molar-refractivity contribution >= 4 is 0 Å². The highest BCUT2D eigenvalue weighted by Crippen LogP contribution is 2.18. The Labute approximate surface area is 150 Å². The standard InChI is InChI=1S/C19H17FN6/c1-2-18-22-10-15(11-23-18)19-21-7-8-25(19)12-14-9-24-26(13-14)17-5-3-16(20)4-6-17/h3-11,13H,2,12H2,1H3. The third kappa shape index (κ3) is 3.23. The molecule has 0 fully saturated rings. The number of hydrogen-bond donors (Lipinski definition) is 0. The first kappa shape index (κ1) is 16.1. The van der Waals surface area contributed by atoms with Crippen LogP contribution in [0.2, 0.25) is 0 Å². The van der Waals surface area contributed by atoms with E-state index in [0.717, 1.165) is 34.9 Å². The van der Waals surface area contributed by atoms with Crippen LogP contribution in [0.25, 0.3) is 17.1 Å². The number of hydrogen-bond acceptors (Lipinski definition) is 4. The molecule has 0 spiro atoms. The Kier molecular flexibility index (Phi) is 4.27. The highest BCUT2D eigenvalue weighted by Gasteiger charge is 2.09. The summed E-state index contributed by atoms with van der Waals surface area (Å²) in [5, 5.41) is 4.36. The number of nitrogens with zero attached hydrogens (tertiary/aromatic N) is 6. The molecule has 0 radical (unpaired) electrons. The van der Waals surface area contributed by atoms with Crippen molar-refractivity contribution in [3.63, 3.8) is 0 Å². The second-order valence-electron chi connectivity index (χ2n) is 5.89. The first-order valence-electron chi connectivity index (χ1n) is 8.35. The van der Waals surface area contributed by atoms with Crippen molar-refractivity contribution < 1.29 is 4.39 Å². The molecule has 0 amide bonds. The monoisotopic (exact) mass is 348 g/mol. The summed E-state index contributed by atoms with van der Waals surface area (Å²) < 4.78 is 16.8. The average Bonchev–Trinajstić information content (AvgIpc) is 3.33. The topological polar surface area (TPSA) is 61.4 Å². The Bertz CT molecular complexity index is 1000. The van der Waals surface area contributed by atoms with Gasteiger partial charge in [0.25, 0.3) is 0 Å². The molecule has 1 aromatic carbocycles. The summed E-state index contributed by atoms with van der Waals surface area (Å²) in [6, 6.07) is 6.23. The Morgan fingerprint density at radius 2 is 1.77 bits per heavy atom. The van der Waals surface area contributed by atoms with E-state index in [1.807, 2.05) is 23.9 Å². The quantitative estimate of drug-likeness (QED) is 0.555. The van der Waals surface area contributed by atoms with Crippen LogP contribution < -0.4 is 0 Å². The zero-order chi connectivity index (χ0) is 17.9. The molecule has 0 N–H and O–H groups in total. The number of aromatic nitrogens is 6. The number of aryl methyl sites for hydroxylation is 1. The third-order valence-electron chi connectivity index (χ3n) is 4.08. The minimum atomic E-state index is -0.263. The number of benzene rings is 1. The van der Waals surface area contributed by atoms with Crippen LogP contribution in [-0.4, -0.2) is 29.3 Å². The number of halogens is 1. The van der Waals surface area contributed by atoms with Gasteiger partial charge in [0.15, 0.2) is 0 Å². The van der Waals surface area contributed by atoms with Gasteiger partial charge in [0.05, 0.1) is 24.0 Å². The fourth-order valence-corrected chi connectivity index (χ4v) is 2.72. The summed E-state index contributed by atoms with van der Waals surface area (Å²) >= 11 is 0. The van der Waals surface area contributed by atoms with E-state index in [4.69, 9.17) is 0 Å². The SMILES string of the molecule is CCc1ncc(-c2nccn2Cc2cnn(-c3ccc(F)cc3)c2)cn1. The van der Waals surface area contributed by atoms with Crippen molar-refractivity contribution in [3.05, 3.63) is 78.7 Å². The Hall–Kier alpha value is -3.35. The second-order valence-corrected chi connectivity index (χ2v) is 5.89. The Morgan fingerprint density at radius 3 is 2.50 bits per heavy atom. The van der Waals surface area contributed by atoms with Gasteiger partial charge in [-0.05, 0) is 24.3 Å². The van der Waals surface area contributed by atoms with Gasteiger partial charge in [-0.1, -0.05) is 6.92 Å². The minimum absolute atomic E-state index is 0.263. The van der Waals surface area contributed by atoms with Gasteiger partial charge in [0.1, 0.15) is 17.5 Å². The molecule has 0 bridgehead atoms. The van der Waals surface area contributed by atoms with E-state index in [0.29, 0.717) is 6.54 Å². The molecule has 0 aliphatic carbocycles. The zero-order valence-electron chi connectivity index (χ0n) is 14.2. The molecule has 0 aliphatic heterocycles. The van der Waals surface area contributed by atoms with Crippen molar-refractivity contribution in [3.8, 4) is 17.1 Å². The molecular formula is C19H17FN6. The summed E-state index contributed by atoms with van der Waals surface area (Å²) in [5.41, 5.74) is 2.70. The van der Waals surface area contributed by atoms with E-state index in [1.165, 1.54) is 12.1 Å². The Balaban J connectivity index is 1.57. The lowest BCUT2D eigenvalue weighted by molar-refractivity contribution is 0.627. The summed E-state index contributed by atoms with van der Waals surface area (Å²) in [6.07, 6.45) is 11.8. The van der Waals surface area contributed by atoms with E-state index in [9.17, 15) is 4.39 Å². The smallest absolute Gasteiger partial charge is 0.143 e. The van der Waals surface area contributed by atoms with Crippen molar-refractivity contribution in [1.29, 1.82) is 0 Å². The molecule has 3 aromatic heterocycles. The number of imidazole rings is 1. The van der Waals surface area contributed by atoms with E-state index in [2.05, 4.69) is 20.1 Å². The van der Waals surface area contributed by atoms with Crippen LogP contribution in [0.3, 0.4) is 0 Å². The second kappa shape index (κ2) is 6.87. The summed E-state index contributed by atoms with van der Waals surface area (Å²) in [7, 11) is 0. The normalized spacial score (nSPS) is 11.0. The van der Waals surface area contributed by atoms with Gasteiger partial charge in [-0.2, -0.15) is 5.10 Å². The van der Waals surface area contributed by atoms with Crippen molar-refractivity contribution in [2.45, 2.75) is 19.9 Å². The minimum Gasteiger partial charge on any atom is -0.326 e. The van der Waals surface area contributed by atoms with Gasteiger partial charge < -0.3 is 4.57 Å². The predicted octanol–water partition coefficient (Wildman–Crippen LogP) is 3.28. The fraction of sp³-hybridized carbons (Fsp3) is 0.158. The van der Waals surface area contributed by atoms with Gasteiger partial charge in [-0.3, -0.25) is 0 Å². The predicted molar refractivity (Wildman–Crippen MR) is 95.3 cm³/mol. The zero-order valence-corrected chi connectivity index (χ0v) is 14.2. The molecule has 6 nitrogen and oxygen atoms in total. The van der Waals surface area contributed by atoms with Crippen LogP contribution >= 0.6 is 0 Å². The molecule has 0 saturated heterocycles. The molecule has 0 saturated carbocycles. The highest BCUT2D eigenvalue weighted by molar-refractivity contribution is 5.52. The molecule has 26 heavy (non-hydrogen) atoms. The first-order valence-corrected chi connectivity index (χ1v) is 8.35. The van der Waals surface area contributed by atoms with E-state index >= 15 is 0 Å². The average molecular weight is 348 g/mol. The maximum absolute atomic E-state index is 13.1. The van der Waals surface area contributed by atoms with Crippen molar-refractivity contribution in [2.75, 3.05) is 0 Å². The molecule has 3 heterocycles. The van der Waals surface area contributed by atoms with E-state index in [1.54, 1.807) is 41.6 Å². The Morgan fingerprint density at radius 1 is 1.00 bits per heavy atom. The molecule has 0 unspecified atom stereocenters. The molecule has 7 heteroatoms. The maximum Gasteiger partial charge on any atom is 0.143 e. The lowest BCUT2D eigenvalue weighted by Crippen LogP contribution is -2.02. The van der Waals surface area contributed by atoms with E-state index in [-0.39, 0.29) is 5.82 Å². The first-order chi connectivity index (χ1) is 12.7. The van der Waals surface area contributed by atoms with Gasteiger partial charge >= 0.3 is 0 Å².